The summed E-state index contributed by atoms with van der Waals surface area (Å²) in [6, 6.07) is 14.1. The first-order chi connectivity index (χ1) is 17.2. The van der Waals surface area contributed by atoms with E-state index in [1.54, 1.807) is 55.5 Å². The summed E-state index contributed by atoms with van der Waals surface area (Å²) >= 11 is 18.1. The van der Waals surface area contributed by atoms with Crippen LogP contribution in [0.3, 0.4) is 0 Å². The van der Waals surface area contributed by atoms with Crippen LogP contribution in [0.2, 0.25) is 15.1 Å². The fourth-order valence-corrected chi connectivity index (χ4v) is 4.04. The van der Waals surface area contributed by atoms with E-state index in [-0.39, 0.29) is 17.9 Å². The van der Waals surface area contributed by atoms with Gasteiger partial charge in [-0.05, 0) is 66.1 Å². The number of nitrogens with zero attached hydrogens (tertiary/aromatic N) is 1. The number of carbonyl (C=O) groups excluding carboxylic acids is 3. The zero-order valence-corrected chi connectivity index (χ0v) is 21.4. The summed E-state index contributed by atoms with van der Waals surface area (Å²) in [5.74, 6) is -0.754. The zero-order valence-electron chi connectivity index (χ0n) is 19.1. The molecule has 0 unspecified atom stereocenters. The van der Waals surface area contributed by atoms with Crippen LogP contribution in [-0.4, -0.2) is 25.0 Å². The Kier molecular flexibility index (Phi) is 7.54. The molecule has 0 aromatic heterocycles. The largest absolute Gasteiger partial charge is 0.493 e. The van der Waals surface area contributed by atoms with Gasteiger partial charge in [0.25, 0.3) is 11.8 Å². The Morgan fingerprint density at radius 1 is 0.917 bits per heavy atom. The van der Waals surface area contributed by atoms with Crippen molar-refractivity contribution in [2.45, 2.75) is 13.5 Å². The van der Waals surface area contributed by atoms with Crippen molar-refractivity contribution in [2.75, 3.05) is 12.0 Å². The number of urea groups is 1. The quantitative estimate of drug-likeness (QED) is 0.294. The van der Waals surface area contributed by atoms with E-state index in [2.05, 4.69) is 5.32 Å². The first-order valence-electron chi connectivity index (χ1n) is 10.6. The van der Waals surface area contributed by atoms with E-state index in [4.69, 9.17) is 44.3 Å². The monoisotopic (exact) mass is 544 g/mol. The lowest BCUT2D eigenvalue weighted by Crippen LogP contribution is -2.54. The second-order valence-corrected chi connectivity index (χ2v) is 9.09. The Morgan fingerprint density at radius 3 is 2.42 bits per heavy atom. The van der Waals surface area contributed by atoms with Crippen molar-refractivity contribution in [1.29, 1.82) is 0 Å². The third kappa shape index (κ3) is 5.33. The van der Waals surface area contributed by atoms with Crippen molar-refractivity contribution < 1.29 is 23.9 Å². The van der Waals surface area contributed by atoms with Crippen LogP contribution < -0.4 is 19.7 Å². The number of anilines is 1. The van der Waals surface area contributed by atoms with E-state index in [0.717, 1.165) is 10.5 Å². The summed E-state index contributed by atoms with van der Waals surface area (Å²) in [5.41, 5.74) is 2.00. The first kappa shape index (κ1) is 25.6. The summed E-state index contributed by atoms with van der Waals surface area (Å²) in [6.07, 6.45) is 1.38. The molecule has 1 aliphatic heterocycles. The van der Waals surface area contributed by atoms with E-state index < -0.39 is 17.8 Å². The van der Waals surface area contributed by atoms with Gasteiger partial charge in [0.15, 0.2) is 11.5 Å². The lowest BCUT2D eigenvalue weighted by Gasteiger charge is -2.27. The predicted octanol–water partition coefficient (Wildman–Crippen LogP) is 6.21. The molecule has 4 rings (SSSR count). The second kappa shape index (κ2) is 10.6. The lowest BCUT2D eigenvalue weighted by atomic mass is 10.1. The topological polar surface area (TPSA) is 84.9 Å². The highest BCUT2D eigenvalue weighted by Crippen LogP contribution is 2.32. The number of barbiturate groups is 1. The molecule has 0 aliphatic carbocycles. The van der Waals surface area contributed by atoms with Crippen LogP contribution in [0.25, 0.3) is 6.08 Å². The molecule has 10 heteroatoms. The number of hydrogen-bond acceptors (Lipinski definition) is 5. The Morgan fingerprint density at radius 2 is 1.69 bits per heavy atom. The number of hydrogen-bond donors (Lipinski definition) is 1. The van der Waals surface area contributed by atoms with Gasteiger partial charge < -0.3 is 9.47 Å². The smallest absolute Gasteiger partial charge is 0.335 e. The van der Waals surface area contributed by atoms with Gasteiger partial charge in [-0.1, -0.05) is 53.0 Å². The fraction of sp³-hybridized carbons (Fsp3) is 0.115. The number of nitrogens with one attached hydrogen (secondary N) is 1. The predicted molar refractivity (Wildman–Crippen MR) is 139 cm³/mol. The number of aryl methyl sites for hydroxylation is 1. The second-order valence-electron chi connectivity index (χ2n) is 7.84. The van der Waals surface area contributed by atoms with Crippen LogP contribution in [-0.2, 0) is 16.2 Å². The molecular formula is C26H19Cl3N2O5. The molecule has 0 atom stereocenters. The fourth-order valence-electron chi connectivity index (χ4n) is 3.55. The molecule has 3 aromatic rings. The lowest BCUT2D eigenvalue weighted by molar-refractivity contribution is -0.122. The maximum atomic E-state index is 13.2. The van der Waals surface area contributed by atoms with E-state index in [1.807, 2.05) is 0 Å². The van der Waals surface area contributed by atoms with E-state index in [0.29, 0.717) is 37.7 Å². The standard InChI is InChI=1S/C26H19Cl3N2O5/c1-14-3-6-17(27)12-21(14)31-25(33)18(24(32)30-26(31)34)9-15-5-8-22(23(11-15)35-2)36-13-16-4-7-19(28)20(29)10-16/h3-12H,13H2,1-2H3,(H,30,32,34)/b18-9+. The van der Waals surface area contributed by atoms with Crippen LogP contribution in [0.15, 0.2) is 60.2 Å². The van der Waals surface area contributed by atoms with Gasteiger partial charge >= 0.3 is 6.03 Å². The number of amides is 4. The van der Waals surface area contributed by atoms with Crippen molar-refractivity contribution in [1.82, 2.24) is 5.32 Å². The number of carbonyl (C=O) groups is 3. The normalized spacial score (nSPS) is 14.8. The minimum absolute atomic E-state index is 0.213. The van der Waals surface area contributed by atoms with Crippen LogP contribution in [0.1, 0.15) is 16.7 Å². The molecule has 7 nitrogen and oxygen atoms in total. The van der Waals surface area contributed by atoms with Crippen LogP contribution in [0.5, 0.6) is 11.5 Å². The summed E-state index contributed by atoms with van der Waals surface area (Å²) < 4.78 is 11.3. The molecule has 36 heavy (non-hydrogen) atoms. The van der Waals surface area contributed by atoms with Gasteiger partial charge in [-0.15, -0.1) is 0 Å². The first-order valence-corrected chi connectivity index (χ1v) is 11.7. The van der Waals surface area contributed by atoms with Crippen molar-refractivity contribution in [2.24, 2.45) is 0 Å². The van der Waals surface area contributed by atoms with Gasteiger partial charge in [0, 0.05) is 5.02 Å². The molecule has 0 bridgehead atoms. The maximum absolute atomic E-state index is 13.2. The highest BCUT2D eigenvalue weighted by atomic mass is 35.5. The Bertz CT molecular complexity index is 1420. The Labute approximate surface area is 222 Å². The van der Waals surface area contributed by atoms with Gasteiger partial charge in [-0.25, -0.2) is 9.69 Å². The Balaban J connectivity index is 1.61. The summed E-state index contributed by atoms with van der Waals surface area (Å²) in [7, 11) is 1.47. The molecule has 4 amide bonds. The van der Waals surface area contributed by atoms with Crippen molar-refractivity contribution in [3.05, 3.63) is 91.9 Å². The van der Waals surface area contributed by atoms with E-state index in [1.165, 1.54) is 19.3 Å². The maximum Gasteiger partial charge on any atom is 0.335 e. The molecule has 1 aliphatic rings. The third-order valence-electron chi connectivity index (χ3n) is 5.39. The minimum Gasteiger partial charge on any atom is -0.493 e. The third-order valence-corrected chi connectivity index (χ3v) is 6.36. The van der Waals surface area contributed by atoms with Crippen molar-refractivity contribution >= 4 is 64.4 Å². The van der Waals surface area contributed by atoms with Crippen molar-refractivity contribution in [3.8, 4) is 11.5 Å². The molecule has 3 aromatic carbocycles. The van der Waals surface area contributed by atoms with Crippen LogP contribution >= 0.6 is 34.8 Å². The molecule has 0 saturated carbocycles. The number of imide groups is 2. The van der Waals surface area contributed by atoms with Crippen LogP contribution in [0, 0.1) is 6.92 Å². The summed E-state index contributed by atoms with van der Waals surface area (Å²) in [4.78, 5) is 39.1. The number of rotatable bonds is 6. The molecule has 0 radical (unpaired) electrons. The number of ether oxygens (including phenoxy) is 2. The highest BCUT2D eigenvalue weighted by molar-refractivity contribution is 6.42. The number of benzene rings is 3. The molecule has 0 spiro atoms. The van der Waals surface area contributed by atoms with Gasteiger partial charge in [0.1, 0.15) is 12.2 Å². The SMILES string of the molecule is COc1cc(/C=C2\C(=O)NC(=O)N(c3cc(Cl)ccc3C)C2=O)ccc1OCc1ccc(Cl)c(Cl)c1. The molecule has 1 saturated heterocycles. The van der Waals surface area contributed by atoms with E-state index >= 15 is 0 Å². The van der Waals surface area contributed by atoms with Crippen molar-refractivity contribution in [3.63, 3.8) is 0 Å². The van der Waals surface area contributed by atoms with Gasteiger partial charge in [0.2, 0.25) is 0 Å². The average Bonchev–Trinajstić information content (AvgIpc) is 2.84. The minimum atomic E-state index is -0.851. The highest BCUT2D eigenvalue weighted by Gasteiger charge is 2.37. The number of halogens is 3. The zero-order chi connectivity index (χ0) is 26.0. The molecule has 1 fully saturated rings. The Hall–Kier alpha value is -3.52. The van der Waals surface area contributed by atoms with Crippen LogP contribution in [0.4, 0.5) is 10.5 Å². The summed E-state index contributed by atoms with van der Waals surface area (Å²) in [5, 5.41) is 3.41. The molecule has 1 heterocycles. The van der Waals surface area contributed by atoms with E-state index in [9.17, 15) is 14.4 Å². The summed E-state index contributed by atoms with van der Waals surface area (Å²) in [6.45, 7) is 1.94. The van der Waals surface area contributed by atoms with Gasteiger partial charge in [-0.3, -0.25) is 14.9 Å². The number of methoxy groups -OCH3 is 1. The molecule has 184 valence electrons. The molecular weight excluding hydrogens is 527 g/mol. The average molecular weight is 546 g/mol. The molecule has 1 N–H and O–H groups in total. The van der Waals surface area contributed by atoms with Gasteiger partial charge in [-0.2, -0.15) is 0 Å². The van der Waals surface area contributed by atoms with Gasteiger partial charge in [0.05, 0.1) is 22.8 Å².